The van der Waals surface area contributed by atoms with Crippen molar-refractivity contribution in [3.63, 3.8) is 0 Å². The molecule has 0 spiro atoms. The van der Waals surface area contributed by atoms with Crippen LogP contribution in [0.25, 0.3) is 0 Å². The first-order chi connectivity index (χ1) is 11.2. The van der Waals surface area contributed by atoms with Crippen molar-refractivity contribution in [3.8, 4) is 0 Å². The predicted molar refractivity (Wildman–Crippen MR) is 95.3 cm³/mol. The molecule has 24 heavy (non-hydrogen) atoms. The number of anilines is 1. The fourth-order valence-electron chi connectivity index (χ4n) is 2.74. The van der Waals surface area contributed by atoms with Crippen LogP contribution in [0.4, 0.5) is 10.5 Å². The van der Waals surface area contributed by atoms with Gasteiger partial charge in [0.1, 0.15) is 9.84 Å². The molecule has 2 rings (SSSR count). The first kappa shape index (κ1) is 19.0. The molecule has 0 aliphatic carbocycles. The number of carbonyl (C=O) groups is 1. The summed E-state index contributed by atoms with van der Waals surface area (Å²) in [6, 6.07) is 4.67. The topological polar surface area (TPSA) is 86.7 Å². The van der Waals surface area contributed by atoms with E-state index < -0.39 is 15.9 Å². The lowest BCUT2D eigenvalue weighted by molar-refractivity contribution is 0.114. The summed E-state index contributed by atoms with van der Waals surface area (Å²) in [5.41, 5.74) is 1.47. The maximum absolute atomic E-state index is 12.6. The molecule has 0 bridgehead atoms. The van der Waals surface area contributed by atoms with Gasteiger partial charge in [0.05, 0.1) is 17.6 Å². The molecule has 1 heterocycles. The van der Waals surface area contributed by atoms with Gasteiger partial charge in [-0.1, -0.05) is 17.7 Å². The number of rotatable bonds is 4. The summed E-state index contributed by atoms with van der Waals surface area (Å²) in [4.78, 5) is 14.1. The second-order valence-electron chi connectivity index (χ2n) is 6.28. The Morgan fingerprint density at radius 3 is 2.58 bits per heavy atom. The Balaban J connectivity index is 2.11. The van der Waals surface area contributed by atoms with Crippen LogP contribution in [0.15, 0.2) is 18.2 Å². The van der Waals surface area contributed by atoms with Crippen molar-refractivity contribution in [1.29, 1.82) is 0 Å². The zero-order valence-corrected chi connectivity index (χ0v) is 15.4. The Hall–Kier alpha value is -1.31. The van der Waals surface area contributed by atoms with Gasteiger partial charge in [0, 0.05) is 23.3 Å². The maximum atomic E-state index is 12.6. The van der Waals surface area contributed by atoms with Gasteiger partial charge >= 0.3 is 6.03 Å². The zero-order valence-electron chi connectivity index (χ0n) is 13.8. The lowest BCUT2D eigenvalue weighted by atomic mass is 10.1. The number of benzene rings is 1. The molecule has 0 saturated carbocycles. The molecule has 1 fully saturated rings. The highest BCUT2D eigenvalue weighted by Gasteiger charge is 2.31. The second kappa shape index (κ2) is 7.72. The summed E-state index contributed by atoms with van der Waals surface area (Å²) in [6.45, 7) is 3.62. The van der Waals surface area contributed by atoms with E-state index >= 15 is 0 Å². The molecule has 1 aliphatic rings. The Labute approximate surface area is 147 Å². The van der Waals surface area contributed by atoms with Crippen molar-refractivity contribution in [3.05, 3.63) is 28.8 Å². The van der Waals surface area contributed by atoms with E-state index in [0.717, 1.165) is 5.56 Å². The third kappa shape index (κ3) is 5.09. The van der Waals surface area contributed by atoms with Gasteiger partial charge in [-0.3, -0.25) is 0 Å². The zero-order chi connectivity index (χ0) is 17.9. The number of nitrogens with one attached hydrogen (secondary N) is 1. The summed E-state index contributed by atoms with van der Waals surface area (Å²) in [5, 5.41) is 13.0. The molecular formula is C16H23ClN2O4S. The van der Waals surface area contributed by atoms with Crippen molar-refractivity contribution in [1.82, 2.24) is 4.90 Å². The number of nitrogens with zero attached hydrogens (tertiary/aromatic N) is 1. The van der Waals surface area contributed by atoms with Gasteiger partial charge in [0.25, 0.3) is 0 Å². The minimum atomic E-state index is -3.01. The van der Waals surface area contributed by atoms with Gasteiger partial charge in [0.2, 0.25) is 0 Å². The molecule has 1 aromatic carbocycles. The Kier molecular flexibility index (Phi) is 6.11. The molecule has 0 radical (unpaired) electrons. The molecule has 0 aromatic heterocycles. The van der Waals surface area contributed by atoms with Gasteiger partial charge in [-0.15, -0.1) is 0 Å². The van der Waals surface area contributed by atoms with E-state index in [1.807, 2.05) is 13.0 Å². The number of aryl methyl sites for hydroxylation is 1. The molecule has 8 heteroatoms. The van der Waals surface area contributed by atoms with Crippen molar-refractivity contribution >= 4 is 33.2 Å². The van der Waals surface area contributed by atoms with Crippen LogP contribution in [0.5, 0.6) is 0 Å². The van der Waals surface area contributed by atoms with Gasteiger partial charge < -0.3 is 15.3 Å². The lowest BCUT2D eigenvalue weighted by Gasteiger charge is -2.35. The Morgan fingerprint density at radius 1 is 1.42 bits per heavy atom. The molecule has 2 amide bonds. The first-order valence-electron chi connectivity index (χ1n) is 7.90. The van der Waals surface area contributed by atoms with Crippen LogP contribution in [0.1, 0.15) is 25.3 Å². The highest BCUT2D eigenvalue weighted by molar-refractivity contribution is 7.91. The number of aliphatic hydroxyl groups excluding tert-OH is 1. The number of urea groups is 1. The highest BCUT2D eigenvalue weighted by atomic mass is 35.5. The van der Waals surface area contributed by atoms with E-state index in [0.29, 0.717) is 23.6 Å². The summed E-state index contributed by atoms with van der Waals surface area (Å²) in [5.74, 6) is 0.134. The summed E-state index contributed by atoms with van der Waals surface area (Å²) in [7, 11) is -3.01. The van der Waals surface area contributed by atoms with E-state index in [4.69, 9.17) is 11.6 Å². The molecule has 6 nitrogen and oxygen atoms in total. The van der Waals surface area contributed by atoms with Crippen molar-refractivity contribution in [2.75, 3.05) is 23.4 Å². The van der Waals surface area contributed by atoms with Gasteiger partial charge in [-0.05, 0) is 44.4 Å². The van der Waals surface area contributed by atoms with E-state index in [1.54, 1.807) is 19.1 Å². The lowest BCUT2D eigenvalue weighted by Crippen LogP contribution is -2.49. The molecule has 1 aromatic rings. The van der Waals surface area contributed by atoms with E-state index in [1.165, 1.54) is 4.90 Å². The monoisotopic (exact) mass is 374 g/mol. The van der Waals surface area contributed by atoms with E-state index in [2.05, 4.69) is 5.32 Å². The number of halogens is 1. The third-order valence-electron chi connectivity index (χ3n) is 4.11. The molecule has 1 unspecified atom stereocenters. The van der Waals surface area contributed by atoms with Crippen molar-refractivity contribution in [2.45, 2.75) is 38.8 Å². The number of hydrogen-bond donors (Lipinski definition) is 2. The maximum Gasteiger partial charge on any atom is 0.322 e. The van der Waals surface area contributed by atoms with Gasteiger partial charge in [-0.25, -0.2) is 13.2 Å². The molecule has 1 aliphatic heterocycles. The highest BCUT2D eigenvalue weighted by Crippen LogP contribution is 2.22. The Morgan fingerprint density at radius 2 is 2.04 bits per heavy atom. The summed E-state index contributed by atoms with van der Waals surface area (Å²) in [6.07, 6.45) is 0.0738. The van der Waals surface area contributed by atoms with Gasteiger partial charge in [-0.2, -0.15) is 0 Å². The van der Waals surface area contributed by atoms with Crippen LogP contribution < -0.4 is 5.32 Å². The van der Waals surface area contributed by atoms with Crippen LogP contribution >= 0.6 is 11.6 Å². The molecule has 2 N–H and O–H groups in total. The van der Waals surface area contributed by atoms with Crippen LogP contribution in [0.3, 0.4) is 0 Å². The number of amides is 2. The average molecular weight is 375 g/mol. The quantitative estimate of drug-likeness (QED) is 0.847. The van der Waals surface area contributed by atoms with Crippen LogP contribution in [0.2, 0.25) is 5.02 Å². The van der Waals surface area contributed by atoms with Crippen LogP contribution in [-0.2, 0) is 9.84 Å². The van der Waals surface area contributed by atoms with Crippen LogP contribution in [-0.4, -0.2) is 54.7 Å². The SMILES string of the molecule is Cc1ccc(NC(=O)N(CC(C)O)C2CCS(=O)(=O)CC2)cc1Cl. The molecule has 1 atom stereocenters. The number of aliphatic hydroxyl groups is 1. The fraction of sp³-hybridized carbons (Fsp3) is 0.562. The number of sulfone groups is 1. The van der Waals surface area contributed by atoms with Gasteiger partial charge in [0.15, 0.2) is 0 Å². The normalized spacial score (nSPS) is 18.8. The molecule has 134 valence electrons. The Bertz CT molecular complexity index is 692. The minimum absolute atomic E-state index is 0.0671. The third-order valence-corrected chi connectivity index (χ3v) is 6.23. The summed E-state index contributed by atoms with van der Waals surface area (Å²) >= 11 is 6.07. The largest absolute Gasteiger partial charge is 0.392 e. The van der Waals surface area contributed by atoms with E-state index in [-0.39, 0.29) is 30.1 Å². The average Bonchev–Trinajstić information content (AvgIpc) is 2.49. The van der Waals surface area contributed by atoms with Crippen LogP contribution in [0, 0.1) is 6.92 Å². The number of hydrogen-bond acceptors (Lipinski definition) is 4. The van der Waals surface area contributed by atoms with E-state index in [9.17, 15) is 18.3 Å². The second-order valence-corrected chi connectivity index (χ2v) is 8.99. The summed E-state index contributed by atoms with van der Waals surface area (Å²) < 4.78 is 23.2. The number of carbonyl (C=O) groups excluding carboxylic acids is 1. The predicted octanol–water partition coefficient (Wildman–Crippen LogP) is 2.44. The molecule has 1 saturated heterocycles. The smallest absolute Gasteiger partial charge is 0.322 e. The van der Waals surface area contributed by atoms with Crippen molar-refractivity contribution in [2.24, 2.45) is 0 Å². The molecular weight excluding hydrogens is 352 g/mol. The van der Waals surface area contributed by atoms with Crippen molar-refractivity contribution < 1.29 is 18.3 Å². The first-order valence-corrected chi connectivity index (χ1v) is 10.1. The minimum Gasteiger partial charge on any atom is -0.392 e. The standard InChI is InChI=1S/C16H23ClN2O4S/c1-11-3-4-13(9-15(11)17)18-16(21)19(10-12(2)20)14-5-7-24(22,23)8-6-14/h3-4,9,12,14,20H,5-8,10H2,1-2H3,(H,18,21). The fourth-order valence-corrected chi connectivity index (χ4v) is 4.38.